The zero-order valence-corrected chi connectivity index (χ0v) is 18.9. The van der Waals surface area contributed by atoms with Gasteiger partial charge in [0.2, 0.25) is 0 Å². The molecular weight excluding hydrogens is 464 g/mol. The quantitative estimate of drug-likeness (QED) is 0.534. The van der Waals surface area contributed by atoms with Gasteiger partial charge in [-0.2, -0.15) is 0 Å². The Kier molecular flexibility index (Phi) is 5.83. The highest BCUT2D eigenvalue weighted by atomic mass is 79.9. The lowest BCUT2D eigenvalue weighted by molar-refractivity contribution is -0.139. The second-order valence-corrected chi connectivity index (χ2v) is 8.69. The molecule has 4 rings (SSSR count). The molecular formula is C23H19BrN2O3S. The average molecular weight is 483 g/mol. The second-order valence-electron chi connectivity index (χ2n) is 6.76. The van der Waals surface area contributed by atoms with Gasteiger partial charge >= 0.3 is 5.97 Å². The number of allylic oxidation sites excluding steroid dienone is 1. The number of aromatic nitrogens is 1. The summed E-state index contributed by atoms with van der Waals surface area (Å²) in [7, 11) is 0. The van der Waals surface area contributed by atoms with Crippen LogP contribution >= 0.6 is 27.3 Å². The van der Waals surface area contributed by atoms with Crippen molar-refractivity contribution in [2.24, 2.45) is 4.99 Å². The minimum atomic E-state index is -0.575. The fraction of sp³-hybridized carbons (Fsp3) is 0.174. The summed E-state index contributed by atoms with van der Waals surface area (Å²) >= 11 is 4.74. The maximum atomic E-state index is 13.4. The first-order chi connectivity index (χ1) is 14.5. The van der Waals surface area contributed by atoms with Gasteiger partial charge in [-0.3, -0.25) is 9.36 Å². The largest absolute Gasteiger partial charge is 0.463 e. The normalized spacial score (nSPS) is 16.2. The smallest absolute Gasteiger partial charge is 0.338 e. The topological polar surface area (TPSA) is 60.7 Å². The van der Waals surface area contributed by atoms with Crippen molar-refractivity contribution < 1.29 is 9.53 Å². The molecule has 1 atom stereocenters. The number of benzene rings is 2. The van der Waals surface area contributed by atoms with Gasteiger partial charge in [0.1, 0.15) is 0 Å². The SMILES string of the molecule is CCOC(=O)C1=C(C)N=c2s/c(=C\c3ccc(Br)cc3)c(=O)n2C1c1ccccc1. The Labute approximate surface area is 185 Å². The lowest BCUT2D eigenvalue weighted by Crippen LogP contribution is -2.39. The Hall–Kier alpha value is -2.77. The zero-order chi connectivity index (χ0) is 21.3. The van der Waals surface area contributed by atoms with Crippen LogP contribution < -0.4 is 14.9 Å². The molecule has 0 aliphatic carbocycles. The summed E-state index contributed by atoms with van der Waals surface area (Å²) in [6, 6.07) is 16.7. The molecule has 0 amide bonds. The van der Waals surface area contributed by atoms with Crippen LogP contribution in [0.2, 0.25) is 0 Å². The number of thiazole rings is 1. The van der Waals surface area contributed by atoms with Gasteiger partial charge in [-0.25, -0.2) is 9.79 Å². The van der Waals surface area contributed by atoms with Crippen molar-refractivity contribution >= 4 is 39.3 Å². The van der Waals surface area contributed by atoms with E-state index in [4.69, 9.17) is 4.74 Å². The zero-order valence-electron chi connectivity index (χ0n) is 16.5. The molecule has 7 heteroatoms. The lowest BCUT2D eigenvalue weighted by atomic mass is 9.96. The van der Waals surface area contributed by atoms with Crippen molar-refractivity contribution in [2.45, 2.75) is 19.9 Å². The van der Waals surface area contributed by atoms with Crippen molar-refractivity contribution in [3.63, 3.8) is 0 Å². The fourth-order valence-electron chi connectivity index (χ4n) is 3.45. The molecule has 1 aliphatic rings. The molecule has 2 heterocycles. The minimum Gasteiger partial charge on any atom is -0.463 e. The Morgan fingerprint density at radius 2 is 1.90 bits per heavy atom. The molecule has 0 radical (unpaired) electrons. The van der Waals surface area contributed by atoms with Crippen LogP contribution in [0.5, 0.6) is 0 Å². The van der Waals surface area contributed by atoms with Crippen LogP contribution in [0, 0.1) is 0 Å². The summed E-state index contributed by atoms with van der Waals surface area (Å²) in [4.78, 5) is 31.3. The molecule has 30 heavy (non-hydrogen) atoms. The van der Waals surface area contributed by atoms with E-state index in [1.54, 1.807) is 18.4 Å². The summed E-state index contributed by atoms with van der Waals surface area (Å²) in [5.41, 5.74) is 2.54. The van der Waals surface area contributed by atoms with Crippen LogP contribution in [0.1, 0.15) is 31.0 Å². The number of ether oxygens (including phenoxy) is 1. The molecule has 5 nitrogen and oxygen atoms in total. The molecule has 1 aliphatic heterocycles. The van der Waals surface area contributed by atoms with Crippen LogP contribution in [-0.2, 0) is 9.53 Å². The molecule has 2 aromatic carbocycles. The molecule has 152 valence electrons. The van der Waals surface area contributed by atoms with Gasteiger partial charge in [0.05, 0.1) is 28.5 Å². The number of carbonyl (C=O) groups is 1. The van der Waals surface area contributed by atoms with Gasteiger partial charge in [-0.15, -0.1) is 0 Å². The Bertz CT molecular complexity index is 1310. The Morgan fingerprint density at radius 3 is 2.57 bits per heavy atom. The number of fused-ring (bicyclic) bond motifs is 1. The van der Waals surface area contributed by atoms with Crippen LogP contribution in [0.15, 0.2) is 80.1 Å². The van der Waals surface area contributed by atoms with Crippen LogP contribution in [-0.4, -0.2) is 17.1 Å². The van der Waals surface area contributed by atoms with Crippen molar-refractivity contribution in [1.82, 2.24) is 4.57 Å². The lowest BCUT2D eigenvalue weighted by Gasteiger charge is -2.24. The standard InChI is InChI=1S/C23H19BrN2O3S/c1-3-29-22(28)19-14(2)25-23-26(20(19)16-7-5-4-6-8-16)21(27)18(30-23)13-15-9-11-17(24)12-10-15/h4-13,20H,3H2,1-2H3/b18-13-. The molecule has 0 bridgehead atoms. The van der Waals surface area contributed by atoms with Crippen LogP contribution in [0.3, 0.4) is 0 Å². The molecule has 0 saturated carbocycles. The van der Waals surface area contributed by atoms with E-state index < -0.39 is 12.0 Å². The first kappa shape index (κ1) is 20.5. The van der Waals surface area contributed by atoms with Crippen LogP contribution in [0.25, 0.3) is 6.08 Å². The van der Waals surface area contributed by atoms with E-state index in [0.29, 0.717) is 20.6 Å². The molecule has 0 fully saturated rings. The summed E-state index contributed by atoms with van der Waals surface area (Å²) in [5.74, 6) is -0.449. The molecule has 0 spiro atoms. The van der Waals surface area contributed by atoms with E-state index in [-0.39, 0.29) is 12.2 Å². The van der Waals surface area contributed by atoms with Crippen molar-refractivity contribution in [1.29, 1.82) is 0 Å². The third-order valence-electron chi connectivity index (χ3n) is 4.80. The van der Waals surface area contributed by atoms with E-state index in [0.717, 1.165) is 15.6 Å². The first-order valence-corrected chi connectivity index (χ1v) is 11.1. The number of carbonyl (C=O) groups excluding carboxylic acids is 1. The van der Waals surface area contributed by atoms with E-state index in [1.807, 2.05) is 60.7 Å². The fourth-order valence-corrected chi connectivity index (χ4v) is 4.76. The van der Waals surface area contributed by atoms with Gasteiger partial charge in [0, 0.05) is 4.47 Å². The number of nitrogens with zero attached hydrogens (tertiary/aromatic N) is 2. The predicted octanol–water partition coefficient (Wildman–Crippen LogP) is 3.56. The molecule has 0 N–H and O–H groups in total. The average Bonchev–Trinajstić information content (AvgIpc) is 3.04. The highest BCUT2D eigenvalue weighted by Crippen LogP contribution is 2.30. The summed E-state index contributed by atoms with van der Waals surface area (Å²) in [6.07, 6.45) is 1.85. The van der Waals surface area contributed by atoms with Gasteiger partial charge in [-0.05, 0) is 43.2 Å². The van der Waals surface area contributed by atoms with Gasteiger partial charge in [0.15, 0.2) is 4.80 Å². The maximum Gasteiger partial charge on any atom is 0.338 e. The van der Waals surface area contributed by atoms with Crippen LogP contribution in [0.4, 0.5) is 0 Å². The van der Waals surface area contributed by atoms with Crippen molar-refractivity contribution in [3.05, 3.63) is 101 Å². The summed E-state index contributed by atoms with van der Waals surface area (Å²) < 4.78 is 8.43. The third kappa shape index (κ3) is 3.82. The van der Waals surface area contributed by atoms with Gasteiger partial charge < -0.3 is 4.74 Å². The molecule has 1 aromatic heterocycles. The third-order valence-corrected chi connectivity index (χ3v) is 6.31. The second kappa shape index (κ2) is 8.53. The number of halogens is 1. The summed E-state index contributed by atoms with van der Waals surface area (Å²) in [6.45, 7) is 3.80. The molecule has 0 saturated heterocycles. The minimum absolute atomic E-state index is 0.176. The van der Waals surface area contributed by atoms with E-state index in [1.165, 1.54) is 11.3 Å². The first-order valence-electron chi connectivity index (χ1n) is 9.49. The van der Waals surface area contributed by atoms with E-state index in [9.17, 15) is 9.59 Å². The van der Waals surface area contributed by atoms with Gasteiger partial charge in [0.25, 0.3) is 5.56 Å². The predicted molar refractivity (Wildman–Crippen MR) is 121 cm³/mol. The van der Waals surface area contributed by atoms with Gasteiger partial charge in [-0.1, -0.05) is 69.7 Å². The number of rotatable bonds is 4. The summed E-state index contributed by atoms with van der Waals surface area (Å²) in [5, 5.41) is 0. The highest BCUT2D eigenvalue weighted by Gasteiger charge is 2.33. The van der Waals surface area contributed by atoms with Crippen molar-refractivity contribution in [3.8, 4) is 0 Å². The monoisotopic (exact) mass is 482 g/mol. The number of hydrogen-bond acceptors (Lipinski definition) is 5. The number of esters is 1. The number of hydrogen-bond donors (Lipinski definition) is 0. The Morgan fingerprint density at radius 1 is 1.20 bits per heavy atom. The van der Waals surface area contributed by atoms with Crippen molar-refractivity contribution in [2.75, 3.05) is 6.61 Å². The van der Waals surface area contributed by atoms with E-state index in [2.05, 4.69) is 20.9 Å². The molecule has 1 unspecified atom stereocenters. The highest BCUT2D eigenvalue weighted by molar-refractivity contribution is 9.10. The maximum absolute atomic E-state index is 13.4. The Balaban J connectivity index is 1.94. The van der Waals surface area contributed by atoms with E-state index >= 15 is 0 Å². The molecule has 3 aromatic rings.